The molecule has 0 amide bonds. The van der Waals surface area contributed by atoms with Gasteiger partial charge in [-0.2, -0.15) is 0 Å². The highest BCUT2D eigenvalue weighted by molar-refractivity contribution is 6.31. The number of pyridine rings is 1. The van der Waals surface area contributed by atoms with Crippen LogP contribution in [0, 0.1) is 0 Å². The Balaban J connectivity index is 1.76. The molecule has 0 aliphatic rings. The van der Waals surface area contributed by atoms with E-state index < -0.39 is 6.10 Å². The van der Waals surface area contributed by atoms with Gasteiger partial charge >= 0.3 is 0 Å². The van der Waals surface area contributed by atoms with E-state index in [2.05, 4.69) is 4.98 Å². The van der Waals surface area contributed by atoms with E-state index in [4.69, 9.17) is 16.3 Å². The molecule has 0 bridgehead atoms. The number of rotatable bonds is 6. The number of benzene rings is 1. The molecule has 0 saturated heterocycles. The number of halogens is 1. The van der Waals surface area contributed by atoms with Gasteiger partial charge in [-0.05, 0) is 23.8 Å². The predicted octanol–water partition coefficient (Wildman–Crippen LogP) is 3.11. The van der Waals surface area contributed by atoms with E-state index in [1.54, 1.807) is 12.4 Å². The monoisotopic (exact) mass is 277 g/mol. The molecule has 2 aromatic rings. The highest BCUT2D eigenvalue weighted by atomic mass is 35.5. The van der Waals surface area contributed by atoms with E-state index >= 15 is 0 Å². The van der Waals surface area contributed by atoms with Gasteiger partial charge < -0.3 is 9.84 Å². The quantitative estimate of drug-likeness (QED) is 0.882. The second-order valence-corrected chi connectivity index (χ2v) is 4.68. The van der Waals surface area contributed by atoms with Crippen molar-refractivity contribution in [3.05, 3.63) is 59.4 Å². The van der Waals surface area contributed by atoms with E-state index in [0.717, 1.165) is 11.3 Å². The van der Waals surface area contributed by atoms with E-state index in [-0.39, 0.29) is 0 Å². The number of hydrogen-bond donors (Lipinski definition) is 1. The summed E-state index contributed by atoms with van der Waals surface area (Å²) in [5.41, 5.74) is 0.906. The van der Waals surface area contributed by atoms with Crippen LogP contribution in [0.5, 0.6) is 5.75 Å². The summed E-state index contributed by atoms with van der Waals surface area (Å²) >= 11 is 5.99. The van der Waals surface area contributed by atoms with Gasteiger partial charge in [-0.25, -0.2) is 0 Å². The third kappa shape index (κ3) is 4.54. The van der Waals surface area contributed by atoms with Gasteiger partial charge in [-0.15, -0.1) is 0 Å². The number of aliphatic hydroxyl groups excluding tert-OH is 1. The molecule has 3 nitrogen and oxygen atoms in total. The minimum absolute atomic E-state index is 0.469. The van der Waals surface area contributed by atoms with Crippen LogP contribution in [0.2, 0.25) is 5.02 Å². The zero-order valence-corrected chi connectivity index (χ0v) is 11.3. The molecule has 0 aliphatic carbocycles. The predicted molar refractivity (Wildman–Crippen MR) is 75.5 cm³/mol. The number of aliphatic hydroxyl groups is 1. The van der Waals surface area contributed by atoms with Crippen molar-refractivity contribution >= 4 is 11.6 Å². The van der Waals surface area contributed by atoms with Crippen molar-refractivity contribution in [1.29, 1.82) is 0 Å². The van der Waals surface area contributed by atoms with Gasteiger partial charge in [0.05, 0.1) is 17.7 Å². The first-order chi connectivity index (χ1) is 9.25. The Kier molecular flexibility index (Phi) is 5.19. The lowest BCUT2D eigenvalue weighted by atomic mass is 10.1. The molecule has 1 heterocycles. The molecular weight excluding hydrogens is 262 g/mol. The van der Waals surface area contributed by atoms with Crippen LogP contribution in [-0.2, 0) is 6.42 Å². The zero-order valence-electron chi connectivity index (χ0n) is 10.5. The maximum Gasteiger partial charge on any atom is 0.119 e. The molecule has 0 fully saturated rings. The third-order valence-corrected chi connectivity index (χ3v) is 3.12. The standard InChI is InChI=1S/C15H16ClNO2/c16-15-11-17-8-6-12(15)10-13(18)7-9-19-14-4-2-1-3-5-14/h1-6,8,11,13,18H,7,9-10H2. The van der Waals surface area contributed by atoms with Gasteiger partial charge in [0.25, 0.3) is 0 Å². The van der Waals surface area contributed by atoms with Crippen molar-refractivity contribution in [2.45, 2.75) is 18.9 Å². The Labute approximate surface area is 117 Å². The topological polar surface area (TPSA) is 42.4 Å². The molecule has 1 atom stereocenters. The van der Waals surface area contributed by atoms with E-state index in [9.17, 15) is 5.11 Å². The lowest BCUT2D eigenvalue weighted by Gasteiger charge is -2.12. The van der Waals surface area contributed by atoms with Crippen molar-refractivity contribution < 1.29 is 9.84 Å². The smallest absolute Gasteiger partial charge is 0.119 e. The Morgan fingerprint density at radius 1 is 1.21 bits per heavy atom. The molecule has 2 rings (SSSR count). The van der Waals surface area contributed by atoms with E-state index in [0.29, 0.717) is 24.5 Å². The molecular formula is C15H16ClNO2. The van der Waals surface area contributed by atoms with Crippen LogP contribution in [0.3, 0.4) is 0 Å². The van der Waals surface area contributed by atoms with Crippen LogP contribution in [0.4, 0.5) is 0 Å². The van der Waals surface area contributed by atoms with Gasteiger partial charge in [0.1, 0.15) is 5.75 Å². The normalized spacial score (nSPS) is 12.1. The fourth-order valence-corrected chi connectivity index (χ4v) is 1.95. The highest BCUT2D eigenvalue weighted by Crippen LogP contribution is 2.16. The zero-order chi connectivity index (χ0) is 13.5. The van der Waals surface area contributed by atoms with Gasteiger partial charge in [0.15, 0.2) is 0 Å². The maximum atomic E-state index is 9.95. The lowest BCUT2D eigenvalue weighted by Crippen LogP contribution is -2.15. The summed E-state index contributed by atoms with van der Waals surface area (Å²) in [6.07, 6.45) is 3.87. The first kappa shape index (κ1) is 13.8. The molecule has 0 radical (unpaired) electrons. The summed E-state index contributed by atoms with van der Waals surface area (Å²) < 4.78 is 5.54. The van der Waals surface area contributed by atoms with Crippen molar-refractivity contribution in [2.75, 3.05) is 6.61 Å². The van der Waals surface area contributed by atoms with Crippen LogP contribution in [0.1, 0.15) is 12.0 Å². The molecule has 0 saturated carbocycles. The molecule has 100 valence electrons. The summed E-state index contributed by atoms with van der Waals surface area (Å²) in [6, 6.07) is 11.4. The van der Waals surface area contributed by atoms with Crippen molar-refractivity contribution in [3.63, 3.8) is 0 Å². The molecule has 1 N–H and O–H groups in total. The van der Waals surface area contributed by atoms with Crippen LogP contribution < -0.4 is 4.74 Å². The molecule has 0 aliphatic heterocycles. The van der Waals surface area contributed by atoms with Crippen LogP contribution in [0.25, 0.3) is 0 Å². The molecule has 1 aromatic heterocycles. The second kappa shape index (κ2) is 7.12. The molecule has 4 heteroatoms. The van der Waals surface area contributed by atoms with Crippen molar-refractivity contribution in [2.24, 2.45) is 0 Å². The average molecular weight is 278 g/mol. The Morgan fingerprint density at radius 2 is 2.00 bits per heavy atom. The number of aromatic nitrogens is 1. The van der Waals surface area contributed by atoms with Crippen molar-refractivity contribution in [1.82, 2.24) is 4.98 Å². The van der Waals surface area contributed by atoms with Crippen molar-refractivity contribution in [3.8, 4) is 5.75 Å². The number of ether oxygens (including phenoxy) is 1. The summed E-state index contributed by atoms with van der Waals surface area (Å²) in [5, 5.41) is 10.5. The number of para-hydroxylation sites is 1. The SMILES string of the molecule is OC(CCOc1ccccc1)Cc1ccncc1Cl. The Morgan fingerprint density at radius 3 is 2.74 bits per heavy atom. The van der Waals surface area contributed by atoms with E-state index in [1.807, 2.05) is 36.4 Å². The Hall–Kier alpha value is -1.58. The third-order valence-electron chi connectivity index (χ3n) is 2.77. The number of nitrogens with zero attached hydrogens (tertiary/aromatic N) is 1. The van der Waals surface area contributed by atoms with Gasteiger partial charge in [-0.1, -0.05) is 29.8 Å². The minimum Gasteiger partial charge on any atom is -0.493 e. The van der Waals surface area contributed by atoms with Gasteiger partial charge in [0.2, 0.25) is 0 Å². The van der Waals surface area contributed by atoms with E-state index in [1.165, 1.54) is 0 Å². The largest absolute Gasteiger partial charge is 0.493 e. The van der Waals surface area contributed by atoms with Crippen LogP contribution in [0.15, 0.2) is 48.8 Å². The van der Waals surface area contributed by atoms with Crippen LogP contribution in [-0.4, -0.2) is 22.8 Å². The second-order valence-electron chi connectivity index (χ2n) is 4.28. The fourth-order valence-electron chi connectivity index (χ4n) is 1.75. The lowest BCUT2D eigenvalue weighted by molar-refractivity contribution is 0.139. The molecule has 0 spiro atoms. The summed E-state index contributed by atoms with van der Waals surface area (Å²) in [4.78, 5) is 3.92. The molecule has 1 unspecified atom stereocenters. The first-order valence-electron chi connectivity index (χ1n) is 6.20. The highest BCUT2D eigenvalue weighted by Gasteiger charge is 2.08. The fraction of sp³-hybridized carbons (Fsp3) is 0.267. The minimum atomic E-state index is -0.469. The van der Waals surface area contributed by atoms with Gasteiger partial charge in [-0.3, -0.25) is 4.98 Å². The van der Waals surface area contributed by atoms with Crippen LogP contribution >= 0.6 is 11.6 Å². The maximum absolute atomic E-state index is 9.95. The Bertz CT molecular complexity index is 505. The van der Waals surface area contributed by atoms with Gasteiger partial charge in [0, 0.05) is 25.2 Å². The summed E-state index contributed by atoms with van der Waals surface area (Å²) in [5.74, 6) is 0.816. The summed E-state index contributed by atoms with van der Waals surface area (Å²) in [7, 11) is 0. The molecule has 1 aromatic carbocycles. The summed E-state index contributed by atoms with van der Waals surface area (Å²) in [6.45, 7) is 0.480. The average Bonchev–Trinajstić information content (AvgIpc) is 2.43. The molecule has 19 heavy (non-hydrogen) atoms. The number of hydrogen-bond acceptors (Lipinski definition) is 3. The first-order valence-corrected chi connectivity index (χ1v) is 6.58.